The quantitative estimate of drug-likeness (QED) is 0.0379. The summed E-state index contributed by atoms with van der Waals surface area (Å²) in [5, 5.41) is 12.7. The molecule has 14 nitrogen and oxygen atoms in total. The highest BCUT2D eigenvalue weighted by Gasteiger charge is 2.31. The van der Waals surface area contributed by atoms with Crippen LogP contribution in [0.4, 0.5) is 0 Å². The third kappa shape index (κ3) is 13.0. The van der Waals surface area contributed by atoms with Crippen molar-refractivity contribution >= 4 is 68.9 Å². The molecular weight excluding hydrogens is 741 g/mol. The Morgan fingerprint density at radius 1 is 0.694 bits per heavy atom. The number of primary amides is 1. The molecule has 0 fully saturated rings. The molecule has 4 atom stereocenters. The van der Waals surface area contributed by atoms with Crippen molar-refractivity contribution in [2.24, 2.45) is 27.9 Å². The summed E-state index contributed by atoms with van der Waals surface area (Å²) >= 11 is 2.17. The topological polar surface area (TPSA) is 250 Å². The van der Waals surface area contributed by atoms with Crippen molar-refractivity contribution in [2.75, 3.05) is 13.1 Å². The van der Waals surface area contributed by atoms with E-state index in [-0.39, 0.29) is 44.7 Å². The summed E-state index contributed by atoms with van der Waals surface area (Å²) in [5.74, 6) is -3.19. The molecule has 0 spiro atoms. The monoisotopic (exact) mass is 785 g/mol. The summed E-state index contributed by atoms with van der Waals surface area (Å²) in [7, 11) is 0. The van der Waals surface area contributed by atoms with Crippen LogP contribution in [0.3, 0.4) is 0 Å². The molecule has 3 rings (SSSR count). The van der Waals surface area contributed by atoms with Crippen LogP contribution in [0, 0.1) is 3.57 Å². The molecule has 0 unspecified atom stereocenters. The van der Waals surface area contributed by atoms with Gasteiger partial charge in [-0.15, -0.1) is 0 Å². The van der Waals surface area contributed by atoms with Crippen molar-refractivity contribution in [2.45, 2.75) is 63.2 Å². The Morgan fingerprint density at radius 3 is 1.86 bits per heavy atom. The number of amides is 5. The highest BCUT2D eigenvalue weighted by molar-refractivity contribution is 14.1. The van der Waals surface area contributed by atoms with Gasteiger partial charge in [-0.3, -0.25) is 29.0 Å². The summed E-state index contributed by atoms with van der Waals surface area (Å²) in [6.07, 6.45) is 0.810. The van der Waals surface area contributed by atoms with E-state index >= 15 is 0 Å². The van der Waals surface area contributed by atoms with E-state index in [1.807, 2.05) is 66.7 Å². The molecule has 5 amide bonds. The van der Waals surface area contributed by atoms with Crippen LogP contribution in [0.2, 0.25) is 0 Å². The second kappa shape index (κ2) is 19.3. The first-order chi connectivity index (χ1) is 23.4. The van der Waals surface area contributed by atoms with Gasteiger partial charge < -0.3 is 44.2 Å². The van der Waals surface area contributed by atoms with E-state index in [1.54, 1.807) is 0 Å². The fourth-order valence-electron chi connectivity index (χ4n) is 5.16. The summed E-state index contributed by atoms with van der Waals surface area (Å²) in [5.41, 5.74) is 23.7. The summed E-state index contributed by atoms with van der Waals surface area (Å²) in [6.45, 7) is 1.57. The van der Waals surface area contributed by atoms with Crippen molar-refractivity contribution in [3.8, 4) is 0 Å². The molecule has 0 aromatic heterocycles. The lowest BCUT2D eigenvalue weighted by atomic mass is 10.00. The predicted molar refractivity (Wildman–Crippen MR) is 197 cm³/mol. The van der Waals surface area contributed by atoms with Gasteiger partial charge in [0, 0.05) is 29.9 Å². The van der Waals surface area contributed by atoms with Crippen LogP contribution in [-0.4, -0.2) is 72.8 Å². The Balaban J connectivity index is 1.83. The number of rotatable bonds is 18. The molecule has 15 heteroatoms. The van der Waals surface area contributed by atoms with Gasteiger partial charge in [0.1, 0.15) is 24.2 Å². The number of carbonyl (C=O) groups excluding carboxylic acids is 5. The van der Waals surface area contributed by atoms with Crippen molar-refractivity contribution < 1.29 is 24.0 Å². The molecule has 49 heavy (non-hydrogen) atoms. The molecule has 262 valence electrons. The number of nitrogens with zero attached hydrogens (tertiary/aromatic N) is 1. The third-order valence-electron chi connectivity index (χ3n) is 7.63. The van der Waals surface area contributed by atoms with E-state index < -0.39 is 53.7 Å². The summed E-state index contributed by atoms with van der Waals surface area (Å²) < 4.78 is 1.01. The molecular formula is C34H44IN9O5. The Labute approximate surface area is 298 Å². The van der Waals surface area contributed by atoms with E-state index in [0.29, 0.717) is 6.42 Å². The average Bonchev–Trinajstić information content (AvgIpc) is 3.05. The number of nitrogens with two attached hydrogens (primary N) is 4. The minimum Gasteiger partial charge on any atom is -0.370 e. The minimum absolute atomic E-state index is 0.0430. The van der Waals surface area contributed by atoms with Crippen molar-refractivity contribution in [1.82, 2.24) is 21.3 Å². The second-order valence-electron chi connectivity index (χ2n) is 11.6. The highest BCUT2D eigenvalue weighted by atomic mass is 127. The zero-order valence-electron chi connectivity index (χ0n) is 27.3. The molecule has 0 saturated heterocycles. The minimum atomic E-state index is -1.16. The van der Waals surface area contributed by atoms with Crippen LogP contribution in [0.25, 0.3) is 10.8 Å². The van der Waals surface area contributed by atoms with E-state index in [9.17, 15) is 24.0 Å². The number of nitrogens with one attached hydrogen (secondary N) is 4. The Morgan fingerprint density at radius 2 is 1.24 bits per heavy atom. The van der Waals surface area contributed by atoms with Crippen LogP contribution >= 0.6 is 22.6 Å². The molecule has 0 radical (unpaired) electrons. The maximum Gasteiger partial charge on any atom is 0.243 e. The number of hydrogen-bond acceptors (Lipinski definition) is 7. The van der Waals surface area contributed by atoms with Gasteiger partial charge in [-0.2, -0.15) is 0 Å². The van der Waals surface area contributed by atoms with Gasteiger partial charge in [0.25, 0.3) is 0 Å². The lowest BCUT2D eigenvalue weighted by molar-refractivity contribution is -0.134. The van der Waals surface area contributed by atoms with Gasteiger partial charge in [0.05, 0.1) is 0 Å². The molecule has 0 bridgehead atoms. The average molecular weight is 786 g/mol. The van der Waals surface area contributed by atoms with E-state index in [1.165, 1.54) is 6.92 Å². The Bertz CT molecular complexity index is 1650. The first-order valence-electron chi connectivity index (χ1n) is 15.8. The molecule has 0 saturated carbocycles. The van der Waals surface area contributed by atoms with Gasteiger partial charge in [-0.1, -0.05) is 54.6 Å². The number of carbonyl (C=O) groups is 5. The number of guanidine groups is 1. The van der Waals surface area contributed by atoms with E-state index in [0.717, 1.165) is 25.5 Å². The first-order valence-corrected chi connectivity index (χ1v) is 16.9. The normalized spacial score (nSPS) is 13.3. The van der Waals surface area contributed by atoms with Crippen molar-refractivity contribution in [3.63, 3.8) is 0 Å². The van der Waals surface area contributed by atoms with Gasteiger partial charge in [0.15, 0.2) is 5.96 Å². The van der Waals surface area contributed by atoms with E-state index in [2.05, 4.69) is 48.9 Å². The maximum absolute atomic E-state index is 13.7. The number of benzene rings is 3. The fraction of sp³-hybridized carbons (Fsp3) is 0.353. The zero-order chi connectivity index (χ0) is 35.9. The lowest BCUT2D eigenvalue weighted by Crippen LogP contribution is -2.59. The van der Waals surface area contributed by atoms with Crippen LogP contribution in [-0.2, 0) is 36.8 Å². The van der Waals surface area contributed by atoms with Gasteiger partial charge in [-0.05, 0) is 82.4 Å². The number of halogens is 1. The molecule has 0 aliphatic carbocycles. The van der Waals surface area contributed by atoms with Crippen LogP contribution in [0.15, 0.2) is 71.7 Å². The Hall–Kier alpha value is -4.77. The smallest absolute Gasteiger partial charge is 0.243 e. The molecule has 3 aromatic carbocycles. The molecule has 12 N–H and O–H groups in total. The molecule has 3 aromatic rings. The SMILES string of the molecule is CC(=O)N[C@H](Cc1ccc(I)cc1)C(=O)N[C@@H](CCN)C(=O)N[C@@H](Cc1ccc2ccccc2c1)C(=O)N[C@@H](CCCN=C(N)N)C(N)=O. The van der Waals surface area contributed by atoms with E-state index in [4.69, 9.17) is 22.9 Å². The van der Waals surface area contributed by atoms with Crippen LogP contribution < -0.4 is 44.2 Å². The third-order valence-corrected chi connectivity index (χ3v) is 8.35. The second-order valence-corrected chi connectivity index (χ2v) is 12.8. The van der Waals surface area contributed by atoms with Crippen LogP contribution in [0.5, 0.6) is 0 Å². The van der Waals surface area contributed by atoms with Crippen molar-refractivity contribution in [1.29, 1.82) is 0 Å². The molecule has 0 heterocycles. The lowest BCUT2D eigenvalue weighted by Gasteiger charge is -2.26. The van der Waals surface area contributed by atoms with Crippen LogP contribution in [0.1, 0.15) is 37.3 Å². The predicted octanol–water partition coefficient (Wildman–Crippen LogP) is 0.0764. The van der Waals surface area contributed by atoms with Gasteiger partial charge in [0.2, 0.25) is 29.5 Å². The van der Waals surface area contributed by atoms with Gasteiger partial charge >= 0.3 is 0 Å². The maximum atomic E-state index is 13.7. The number of aliphatic imine (C=N–C) groups is 1. The molecule has 0 aliphatic heterocycles. The van der Waals surface area contributed by atoms with Gasteiger partial charge in [-0.25, -0.2) is 0 Å². The molecule has 0 aliphatic rings. The summed E-state index contributed by atoms with van der Waals surface area (Å²) in [4.78, 5) is 69.0. The highest BCUT2D eigenvalue weighted by Crippen LogP contribution is 2.17. The zero-order valence-corrected chi connectivity index (χ0v) is 29.4. The number of hydrogen-bond donors (Lipinski definition) is 8. The summed E-state index contributed by atoms with van der Waals surface area (Å²) in [6, 6.07) is 16.5. The standard InChI is InChI=1S/C34H44IN9O5/c1-20(45)41-28(18-21-9-12-25(35)13-10-21)32(48)43-27(14-15-36)31(47)44-29(19-22-8-11-23-5-2-3-6-24(23)17-22)33(49)42-26(30(37)46)7-4-16-40-34(38)39/h2-3,5-6,8-13,17,26-29H,4,7,14-16,18-19,36H2,1H3,(H2,37,46)(H,41,45)(H,42,49)(H,43,48)(H,44,47)(H4,38,39,40)/t26-,27-,28+,29-/m0/s1. The Kier molecular flexibility index (Phi) is 15.2. The number of fused-ring (bicyclic) bond motifs is 1. The largest absolute Gasteiger partial charge is 0.370 e. The fourth-order valence-corrected chi connectivity index (χ4v) is 5.52. The first kappa shape index (κ1) is 38.7. The van der Waals surface area contributed by atoms with Crippen molar-refractivity contribution in [3.05, 3.63) is 81.4 Å².